The third kappa shape index (κ3) is 2.18. The first-order valence-electron chi connectivity index (χ1n) is 7.39. The number of benzene rings is 1. The van der Waals surface area contributed by atoms with E-state index in [1.165, 1.54) is 0 Å². The molecule has 1 fully saturated rings. The molecule has 0 saturated carbocycles. The number of rotatable bonds is 1. The Morgan fingerprint density at radius 3 is 2.86 bits per heavy atom. The van der Waals surface area contributed by atoms with Crippen LogP contribution in [0.1, 0.15) is 29.7 Å². The van der Waals surface area contributed by atoms with Crippen LogP contribution in [0.15, 0.2) is 29.1 Å². The van der Waals surface area contributed by atoms with E-state index < -0.39 is 0 Å². The first-order chi connectivity index (χ1) is 10.3. The number of anilines is 1. The maximum atomic E-state index is 12.4. The van der Waals surface area contributed by atoms with E-state index >= 15 is 0 Å². The summed E-state index contributed by atoms with van der Waals surface area (Å²) in [5.41, 5.74) is 2.49. The average Bonchev–Trinajstić information content (AvgIpc) is 2.96. The molecule has 2 aliphatic heterocycles. The maximum Gasteiger partial charge on any atom is 0.256 e. The SMILES string of the molecule is O=c1[nH]c(N2CCCC2)nc2c1Cc1ccccc1OC2. The van der Waals surface area contributed by atoms with E-state index in [2.05, 4.69) is 14.9 Å². The zero-order valence-corrected chi connectivity index (χ0v) is 11.8. The van der Waals surface area contributed by atoms with Crippen LogP contribution in [0, 0.1) is 0 Å². The molecule has 21 heavy (non-hydrogen) atoms. The second kappa shape index (κ2) is 4.91. The molecule has 0 aliphatic carbocycles. The van der Waals surface area contributed by atoms with Crippen molar-refractivity contribution in [2.75, 3.05) is 18.0 Å². The van der Waals surface area contributed by atoms with Crippen LogP contribution < -0.4 is 15.2 Å². The maximum absolute atomic E-state index is 12.4. The predicted octanol–water partition coefficient (Wildman–Crippen LogP) is 1.85. The number of H-pyrrole nitrogens is 1. The van der Waals surface area contributed by atoms with Gasteiger partial charge in [-0.25, -0.2) is 4.98 Å². The van der Waals surface area contributed by atoms with E-state index in [-0.39, 0.29) is 5.56 Å². The molecule has 1 aromatic carbocycles. The van der Waals surface area contributed by atoms with Crippen molar-refractivity contribution in [2.45, 2.75) is 25.9 Å². The highest BCUT2D eigenvalue weighted by atomic mass is 16.5. The Labute approximate surface area is 122 Å². The van der Waals surface area contributed by atoms with Crippen molar-refractivity contribution in [3.8, 4) is 5.75 Å². The first-order valence-corrected chi connectivity index (χ1v) is 7.39. The van der Waals surface area contributed by atoms with Gasteiger partial charge in [0.1, 0.15) is 12.4 Å². The van der Waals surface area contributed by atoms with Crippen molar-refractivity contribution in [3.05, 3.63) is 51.4 Å². The molecule has 2 aromatic rings. The van der Waals surface area contributed by atoms with Gasteiger partial charge in [-0.2, -0.15) is 0 Å². The summed E-state index contributed by atoms with van der Waals surface area (Å²) >= 11 is 0. The van der Waals surface area contributed by atoms with Crippen molar-refractivity contribution < 1.29 is 4.74 Å². The minimum atomic E-state index is -0.0396. The number of ether oxygens (including phenoxy) is 1. The highest BCUT2D eigenvalue weighted by molar-refractivity contribution is 5.42. The highest BCUT2D eigenvalue weighted by Crippen LogP contribution is 2.26. The lowest BCUT2D eigenvalue weighted by Crippen LogP contribution is -2.27. The molecule has 0 radical (unpaired) electrons. The molecule has 1 saturated heterocycles. The zero-order valence-electron chi connectivity index (χ0n) is 11.8. The number of hydrogen-bond donors (Lipinski definition) is 1. The van der Waals surface area contributed by atoms with Gasteiger partial charge in [-0.05, 0) is 24.5 Å². The Kier molecular flexibility index (Phi) is 2.91. The van der Waals surface area contributed by atoms with Gasteiger partial charge in [-0.3, -0.25) is 9.78 Å². The number of nitrogens with zero attached hydrogens (tertiary/aromatic N) is 2. The molecule has 0 spiro atoms. The fourth-order valence-electron chi connectivity index (χ4n) is 3.04. The first kappa shape index (κ1) is 12.4. The molecule has 0 atom stereocenters. The topological polar surface area (TPSA) is 58.2 Å². The van der Waals surface area contributed by atoms with Crippen molar-refractivity contribution in [1.82, 2.24) is 9.97 Å². The fourth-order valence-corrected chi connectivity index (χ4v) is 3.04. The van der Waals surface area contributed by atoms with Crippen LogP contribution in [0.2, 0.25) is 0 Å². The number of para-hydroxylation sites is 1. The Morgan fingerprint density at radius 1 is 1.19 bits per heavy atom. The largest absolute Gasteiger partial charge is 0.487 e. The van der Waals surface area contributed by atoms with E-state index in [0.717, 1.165) is 48.5 Å². The zero-order chi connectivity index (χ0) is 14.2. The summed E-state index contributed by atoms with van der Waals surface area (Å²) in [4.78, 5) is 22.1. The van der Waals surface area contributed by atoms with Gasteiger partial charge >= 0.3 is 0 Å². The molecule has 4 rings (SSSR count). The van der Waals surface area contributed by atoms with E-state index in [0.29, 0.717) is 19.0 Å². The van der Waals surface area contributed by atoms with Gasteiger partial charge in [0, 0.05) is 25.1 Å². The summed E-state index contributed by atoms with van der Waals surface area (Å²) in [6.07, 6.45) is 2.89. The number of aromatic amines is 1. The van der Waals surface area contributed by atoms with Crippen LogP contribution in [0.5, 0.6) is 5.75 Å². The molecule has 108 valence electrons. The molecular weight excluding hydrogens is 266 g/mol. The lowest BCUT2D eigenvalue weighted by Gasteiger charge is -2.17. The molecule has 1 aromatic heterocycles. The number of fused-ring (bicyclic) bond motifs is 2. The quantitative estimate of drug-likeness (QED) is 0.868. The van der Waals surface area contributed by atoms with Gasteiger partial charge in [0.25, 0.3) is 5.56 Å². The van der Waals surface area contributed by atoms with Crippen molar-refractivity contribution in [1.29, 1.82) is 0 Å². The second-order valence-electron chi connectivity index (χ2n) is 5.58. The summed E-state index contributed by atoms with van der Waals surface area (Å²) < 4.78 is 5.81. The van der Waals surface area contributed by atoms with E-state index in [4.69, 9.17) is 4.74 Å². The highest BCUT2D eigenvalue weighted by Gasteiger charge is 2.21. The number of aromatic nitrogens is 2. The molecule has 3 heterocycles. The lowest BCUT2D eigenvalue weighted by molar-refractivity contribution is 0.302. The van der Waals surface area contributed by atoms with Crippen LogP contribution in [-0.2, 0) is 13.0 Å². The molecule has 5 nitrogen and oxygen atoms in total. The van der Waals surface area contributed by atoms with Crippen LogP contribution in [0.3, 0.4) is 0 Å². The molecule has 0 amide bonds. The molecule has 5 heteroatoms. The van der Waals surface area contributed by atoms with E-state index in [1.54, 1.807) is 0 Å². The standard InChI is InChI=1S/C16H17N3O2/c20-15-12-9-11-5-1-2-6-14(11)21-10-13(12)17-16(18-15)19-7-3-4-8-19/h1-2,5-6H,3-4,7-10H2,(H,17,18,20). The Morgan fingerprint density at radius 2 is 2.00 bits per heavy atom. The minimum Gasteiger partial charge on any atom is -0.487 e. The van der Waals surface area contributed by atoms with E-state index in [9.17, 15) is 4.79 Å². The summed E-state index contributed by atoms with van der Waals surface area (Å²) in [7, 11) is 0. The minimum absolute atomic E-state index is 0.0396. The van der Waals surface area contributed by atoms with Gasteiger partial charge < -0.3 is 9.64 Å². The normalized spacial score (nSPS) is 16.9. The molecule has 2 aliphatic rings. The van der Waals surface area contributed by atoms with Gasteiger partial charge in [-0.15, -0.1) is 0 Å². The molecule has 0 unspecified atom stereocenters. The number of nitrogens with one attached hydrogen (secondary N) is 1. The predicted molar refractivity (Wildman–Crippen MR) is 79.9 cm³/mol. The molecular formula is C16H17N3O2. The third-order valence-corrected chi connectivity index (χ3v) is 4.20. The Bertz CT molecular complexity index is 733. The van der Waals surface area contributed by atoms with Gasteiger partial charge in [-0.1, -0.05) is 18.2 Å². The fraction of sp³-hybridized carbons (Fsp3) is 0.375. The van der Waals surface area contributed by atoms with Crippen molar-refractivity contribution >= 4 is 5.95 Å². The Hall–Kier alpha value is -2.30. The summed E-state index contributed by atoms with van der Waals surface area (Å²) in [6, 6.07) is 7.85. The Balaban J connectivity index is 1.76. The van der Waals surface area contributed by atoms with Gasteiger partial charge in [0.15, 0.2) is 0 Å². The van der Waals surface area contributed by atoms with Gasteiger partial charge in [0.05, 0.1) is 5.69 Å². The smallest absolute Gasteiger partial charge is 0.256 e. The van der Waals surface area contributed by atoms with Crippen LogP contribution in [-0.4, -0.2) is 23.1 Å². The monoisotopic (exact) mass is 283 g/mol. The average molecular weight is 283 g/mol. The summed E-state index contributed by atoms with van der Waals surface area (Å²) in [6.45, 7) is 2.28. The van der Waals surface area contributed by atoms with Crippen LogP contribution in [0.25, 0.3) is 0 Å². The summed E-state index contributed by atoms with van der Waals surface area (Å²) in [5.74, 6) is 1.53. The molecule has 1 N–H and O–H groups in total. The second-order valence-corrected chi connectivity index (χ2v) is 5.58. The lowest BCUT2D eigenvalue weighted by atomic mass is 10.1. The third-order valence-electron chi connectivity index (χ3n) is 4.20. The van der Waals surface area contributed by atoms with Crippen molar-refractivity contribution in [2.24, 2.45) is 0 Å². The number of hydrogen-bond acceptors (Lipinski definition) is 4. The molecule has 0 bridgehead atoms. The van der Waals surface area contributed by atoms with Crippen LogP contribution >= 0.6 is 0 Å². The van der Waals surface area contributed by atoms with Gasteiger partial charge in [0.2, 0.25) is 5.95 Å². The van der Waals surface area contributed by atoms with Crippen molar-refractivity contribution in [3.63, 3.8) is 0 Å². The van der Waals surface area contributed by atoms with E-state index in [1.807, 2.05) is 24.3 Å². The summed E-state index contributed by atoms with van der Waals surface area (Å²) in [5, 5.41) is 0. The van der Waals surface area contributed by atoms with Crippen LogP contribution in [0.4, 0.5) is 5.95 Å².